The fourth-order valence-corrected chi connectivity index (χ4v) is 6.03. The number of hydrogen-bond acceptors (Lipinski definition) is 0. The van der Waals surface area contributed by atoms with Crippen LogP contribution in [0.25, 0.3) is 23.3 Å². The van der Waals surface area contributed by atoms with Gasteiger partial charge in [0.25, 0.3) is 0 Å². The Morgan fingerprint density at radius 3 is 1.59 bits per heavy atom. The van der Waals surface area contributed by atoms with Crippen molar-refractivity contribution in [3.8, 4) is 11.1 Å². The van der Waals surface area contributed by atoms with Crippen LogP contribution in [0.1, 0.15) is 76.4 Å². The maximum Gasteiger partial charge on any atom is -1.00 e. The normalized spacial score (nSPS) is 11.6. The van der Waals surface area contributed by atoms with Crippen LogP contribution in [0.3, 0.4) is 0 Å². The summed E-state index contributed by atoms with van der Waals surface area (Å²) in [5.41, 5.74) is 10.3. The molecule has 5 aromatic rings. The van der Waals surface area contributed by atoms with E-state index in [9.17, 15) is 26.3 Å². The molecule has 0 unspecified atom stereocenters. The van der Waals surface area contributed by atoms with Crippen molar-refractivity contribution in [1.29, 1.82) is 0 Å². The fraction of sp³-hybridized carbons (Fsp3) is 0.190. The number of alkyl halides is 6. The molecular weight excluding hydrogens is 781 g/mol. The van der Waals surface area contributed by atoms with Gasteiger partial charge in [0.2, 0.25) is 0 Å². The molecule has 0 amide bonds. The molecule has 0 N–H and O–H groups in total. The number of fused-ring (bicyclic) bond motifs is 3. The Balaban J connectivity index is 0.000000277. The van der Waals surface area contributed by atoms with E-state index in [-0.39, 0.29) is 24.8 Å². The summed E-state index contributed by atoms with van der Waals surface area (Å²) in [4.78, 5) is 0. The van der Waals surface area contributed by atoms with Gasteiger partial charge in [0.05, 0.1) is 0 Å². The minimum absolute atomic E-state index is 0. The van der Waals surface area contributed by atoms with E-state index in [1.165, 1.54) is 63.2 Å². The Morgan fingerprint density at radius 1 is 0.706 bits per heavy atom. The number of halogens is 8. The van der Waals surface area contributed by atoms with Crippen LogP contribution >= 0.6 is 0 Å². The zero-order valence-electron chi connectivity index (χ0n) is 28.5. The quantitative estimate of drug-likeness (QED) is 0.147. The second-order valence-corrected chi connectivity index (χ2v) is 14.0. The molecule has 0 bridgehead atoms. The Kier molecular flexibility index (Phi) is 15.4. The van der Waals surface area contributed by atoms with Crippen molar-refractivity contribution in [1.82, 2.24) is 0 Å². The first kappa shape index (κ1) is 43.8. The number of benzene rings is 4. The molecule has 0 aliphatic heterocycles. The Hall–Kier alpha value is -3.38. The third-order valence-electron chi connectivity index (χ3n) is 8.09. The predicted octanol–water partition coefficient (Wildman–Crippen LogP) is 6.20. The van der Waals surface area contributed by atoms with Crippen LogP contribution in [0.15, 0.2) is 110 Å². The third-order valence-corrected chi connectivity index (χ3v) is 9.51. The molecule has 0 atom stereocenters. The minimum atomic E-state index is -4.41. The smallest absolute Gasteiger partial charge is 1.00 e. The zero-order valence-corrected chi connectivity index (χ0v) is 32.5. The summed E-state index contributed by atoms with van der Waals surface area (Å²) in [5, 5.41) is 0. The maximum atomic E-state index is 12.5. The van der Waals surface area contributed by atoms with Crippen LogP contribution in [-0.4, -0.2) is 3.21 Å². The van der Waals surface area contributed by atoms with Gasteiger partial charge in [-0.15, -0.1) is 23.8 Å². The van der Waals surface area contributed by atoms with Crippen LogP contribution in [0.2, 0.25) is 0 Å². The van der Waals surface area contributed by atoms with E-state index in [0.29, 0.717) is 19.7 Å². The molecule has 0 spiro atoms. The molecule has 266 valence electrons. The first-order chi connectivity index (χ1) is 22.9. The van der Waals surface area contributed by atoms with Gasteiger partial charge in [0.15, 0.2) is 0 Å². The van der Waals surface area contributed by atoms with E-state index < -0.39 is 23.5 Å². The molecule has 0 saturated carbocycles. The van der Waals surface area contributed by atoms with Gasteiger partial charge in [-0.05, 0) is 12.0 Å². The van der Waals surface area contributed by atoms with E-state index in [0.717, 1.165) is 60.5 Å². The van der Waals surface area contributed by atoms with Gasteiger partial charge >= 0.3 is 137 Å². The third kappa shape index (κ3) is 11.6. The molecule has 0 nitrogen and oxygen atoms in total. The summed E-state index contributed by atoms with van der Waals surface area (Å²) < 4.78 is 75.6. The first-order valence-electron chi connectivity index (χ1n) is 15.5. The number of hydrogen-bond donors (Lipinski definition) is 0. The SMILES string of the molecule is C=Cc1c[c-]c2c(c1)-c1cc(C=C)ccc1C2.Cc1cc(C(C)(C)C)c[cH-]1.FC(F)(F)c1ccc([C](=[Zr+2])c2ccc(C(F)(F)F)cc2)cc1.[Cl-].[Cl-]. The number of aryl methyl sites for hydroxylation is 1. The molecular formula is C42H36Cl2F6Zr-2. The minimum Gasteiger partial charge on any atom is -1.00 e. The van der Waals surface area contributed by atoms with Crippen molar-refractivity contribution in [2.24, 2.45) is 0 Å². The van der Waals surface area contributed by atoms with Crippen LogP contribution in [0, 0.1) is 13.0 Å². The second-order valence-electron chi connectivity index (χ2n) is 12.8. The van der Waals surface area contributed by atoms with E-state index in [2.05, 4.69) is 89.4 Å². The van der Waals surface area contributed by atoms with Crippen LogP contribution in [0.4, 0.5) is 26.3 Å². The van der Waals surface area contributed by atoms with Gasteiger partial charge in [-0.2, -0.15) is 47.0 Å². The van der Waals surface area contributed by atoms with Crippen molar-refractivity contribution in [3.05, 3.63) is 172 Å². The van der Waals surface area contributed by atoms with E-state index in [1.54, 1.807) is 0 Å². The zero-order chi connectivity index (χ0) is 36.1. The largest absolute Gasteiger partial charge is 1.00 e. The average Bonchev–Trinajstić information content (AvgIpc) is 3.67. The van der Waals surface area contributed by atoms with Gasteiger partial charge in [-0.3, -0.25) is 0 Å². The summed E-state index contributed by atoms with van der Waals surface area (Å²) in [7, 11) is 0. The van der Waals surface area contributed by atoms with Crippen molar-refractivity contribution in [2.75, 3.05) is 0 Å². The topological polar surface area (TPSA) is 0 Å². The molecule has 0 aromatic heterocycles. The van der Waals surface area contributed by atoms with E-state index >= 15 is 0 Å². The Bertz CT molecular complexity index is 1830. The average molecular weight is 817 g/mol. The molecule has 9 heteroatoms. The molecule has 0 heterocycles. The second kappa shape index (κ2) is 17.9. The van der Waals surface area contributed by atoms with E-state index in [1.807, 2.05) is 18.2 Å². The first-order valence-corrected chi connectivity index (χ1v) is 16.7. The van der Waals surface area contributed by atoms with E-state index in [4.69, 9.17) is 0 Å². The maximum absolute atomic E-state index is 12.5. The van der Waals surface area contributed by atoms with Crippen molar-refractivity contribution >= 4 is 15.4 Å². The van der Waals surface area contributed by atoms with Crippen LogP contribution in [0.5, 0.6) is 0 Å². The van der Waals surface area contributed by atoms with Gasteiger partial charge in [0, 0.05) is 0 Å². The monoisotopic (exact) mass is 814 g/mol. The molecule has 51 heavy (non-hydrogen) atoms. The summed E-state index contributed by atoms with van der Waals surface area (Å²) in [6.45, 7) is 16.5. The van der Waals surface area contributed by atoms with Crippen molar-refractivity contribution in [2.45, 2.75) is 51.9 Å². The fourth-order valence-electron chi connectivity index (χ4n) is 5.21. The molecule has 5 aromatic carbocycles. The standard InChI is InChI=1S/C17H13.C15H8F6.C10H15.2ClH.Zr/c1-3-12-5-7-14-11-15-8-6-13(4-2)10-17(15)16(14)9-12;16-14(17,18)12-5-1-10(2-6-12)9-11-3-7-13(8-4-11)15(19,20)21;1-8-5-6-9(7-8)10(2,3)4;;;/h3-7,9-10H,1-2,11H2;1-8H;5-7H,1-4H3;2*1H;/q-1;;-1;;;+2/p-2. The van der Waals surface area contributed by atoms with Crippen molar-refractivity contribution < 1.29 is 75.4 Å². The molecule has 6 rings (SSSR count). The molecule has 0 radical (unpaired) electrons. The molecule has 0 saturated heterocycles. The summed E-state index contributed by atoms with van der Waals surface area (Å²) >= 11 is 0.898. The van der Waals surface area contributed by atoms with Gasteiger partial charge in [-0.1, -0.05) is 75.1 Å². The van der Waals surface area contributed by atoms with Gasteiger partial charge in [-0.25, -0.2) is 6.07 Å². The molecule has 0 fully saturated rings. The van der Waals surface area contributed by atoms with Gasteiger partial charge in [0.1, 0.15) is 0 Å². The molecule has 1 aliphatic rings. The van der Waals surface area contributed by atoms with Gasteiger partial charge < -0.3 is 24.8 Å². The number of rotatable bonds is 4. The van der Waals surface area contributed by atoms with Crippen LogP contribution < -0.4 is 24.8 Å². The Labute approximate surface area is 323 Å². The van der Waals surface area contributed by atoms with Crippen LogP contribution in [-0.2, 0) is 48.4 Å². The molecule has 1 aliphatic carbocycles. The summed E-state index contributed by atoms with van der Waals surface area (Å²) in [6.07, 6.45) is -4.08. The summed E-state index contributed by atoms with van der Waals surface area (Å²) in [5.74, 6) is 0. The predicted molar refractivity (Wildman–Crippen MR) is 185 cm³/mol. The van der Waals surface area contributed by atoms with Crippen molar-refractivity contribution in [3.63, 3.8) is 0 Å². The Morgan fingerprint density at radius 2 is 1.20 bits per heavy atom. The summed E-state index contributed by atoms with van der Waals surface area (Å²) in [6, 6.07) is 29.8.